The van der Waals surface area contributed by atoms with E-state index in [4.69, 9.17) is 4.74 Å². The molecule has 2 aliphatic carbocycles. The topological polar surface area (TPSA) is 96.7 Å². The van der Waals surface area contributed by atoms with Gasteiger partial charge in [-0.2, -0.15) is 0 Å². The zero-order valence-corrected chi connectivity index (χ0v) is 19.0. The lowest BCUT2D eigenvalue weighted by molar-refractivity contribution is -0.000678. The quantitative estimate of drug-likeness (QED) is 0.667. The predicted octanol–water partition coefficient (Wildman–Crippen LogP) is 2.26. The Hall–Kier alpha value is -1.97. The van der Waals surface area contributed by atoms with E-state index in [0.717, 1.165) is 25.9 Å². The highest BCUT2D eigenvalue weighted by atomic mass is 79.9. The van der Waals surface area contributed by atoms with Gasteiger partial charge < -0.3 is 15.2 Å². The molecular formula is C22H27BrN4O4. The fraction of sp³-hybridized carbons (Fsp3) is 0.591. The summed E-state index contributed by atoms with van der Waals surface area (Å²) in [7, 11) is 0. The smallest absolute Gasteiger partial charge is 0.268 e. The maximum absolute atomic E-state index is 13.3. The lowest BCUT2D eigenvalue weighted by Crippen LogP contribution is -2.54. The molecular weight excluding hydrogens is 464 g/mol. The van der Waals surface area contributed by atoms with Crippen molar-refractivity contribution < 1.29 is 14.6 Å². The van der Waals surface area contributed by atoms with Gasteiger partial charge in [0, 0.05) is 42.9 Å². The first-order chi connectivity index (χ1) is 15.0. The number of amides is 1. The Morgan fingerprint density at radius 1 is 1.29 bits per heavy atom. The second-order valence-electron chi connectivity index (χ2n) is 9.09. The number of morpholine rings is 1. The molecule has 3 heterocycles. The summed E-state index contributed by atoms with van der Waals surface area (Å²) in [5.74, 6) is -0.796. The maximum atomic E-state index is 13.3. The summed E-state index contributed by atoms with van der Waals surface area (Å²) in [4.78, 5) is 33.0. The van der Waals surface area contributed by atoms with Crippen LogP contribution in [-0.4, -0.2) is 64.4 Å². The van der Waals surface area contributed by atoms with Gasteiger partial charge in [-0.15, -0.1) is 0 Å². The van der Waals surface area contributed by atoms with E-state index in [2.05, 4.69) is 31.1 Å². The average Bonchev–Trinajstić information content (AvgIpc) is 2.70. The maximum Gasteiger partial charge on any atom is 0.268 e. The van der Waals surface area contributed by atoms with E-state index in [-0.39, 0.29) is 17.4 Å². The number of rotatable bonds is 5. The molecule has 1 amide bonds. The Morgan fingerprint density at radius 2 is 2.03 bits per heavy atom. The fourth-order valence-corrected chi connectivity index (χ4v) is 5.53. The third-order valence-electron chi connectivity index (χ3n) is 7.12. The molecule has 0 aromatic carbocycles. The van der Waals surface area contributed by atoms with Crippen LogP contribution in [0.3, 0.4) is 0 Å². The fourth-order valence-electron chi connectivity index (χ4n) is 5.20. The third kappa shape index (κ3) is 3.87. The van der Waals surface area contributed by atoms with Gasteiger partial charge in [-0.1, -0.05) is 6.42 Å². The minimum Gasteiger partial charge on any atom is -0.506 e. The van der Waals surface area contributed by atoms with E-state index in [0.29, 0.717) is 47.2 Å². The molecule has 2 aromatic heterocycles. The van der Waals surface area contributed by atoms with Crippen LogP contribution in [-0.2, 0) is 11.3 Å². The van der Waals surface area contributed by atoms with Crippen LogP contribution in [0.25, 0.3) is 11.0 Å². The van der Waals surface area contributed by atoms with Crippen molar-refractivity contribution in [1.29, 1.82) is 0 Å². The number of pyridine rings is 2. The molecule has 8 nitrogen and oxygen atoms in total. The highest BCUT2D eigenvalue weighted by Crippen LogP contribution is 2.55. The zero-order chi connectivity index (χ0) is 21.6. The minimum absolute atomic E-state index is 0.0738. The molecule has 1 saturated heterocycles. The Bertz CT molecular complexity index is 1070. The summed E-state index contributed by atoms with van der Waals surface area (Å²) in [5, 5.41) is 14.2. The van der Waals surface area contributed by atoms with E-state index in [1.807, 2.05) is 0 Å². The van der Waals surface area contributed by atoms with Gasteiger partial charge in [0.05, 0.1) is 18.6 Å². The number of carbonyl (C=O) groups excluding carboxylic acids is 1. The highest BCUT2D eigenvalue weighted by molar-refractivity contribution is 9.10. The van der Waals surface area contributed by atoms with Crippen molar-refractivity contribution in [2.45, 2.75) is 44.7 Å². The molecule has 9 heteroatoms. The third-order valence-corrected chi connectivity index (χ3v) is 7.55. The van der Waals surface area contributed by atoms with Crippen molar-refractivity contribution in [3.8, 4) is 5.75 Å². The van der Waals surface area contributed by atoms with E-state index < -0.39 is 11.5 Å². The molecule has 2 saturated carbocycles. The van der Waals surface area contributed by atoms with Crippen LogP contribution in [0.2, 0.25) is 0 Å². The van der Waals surface area contributed by atoms with Crippen molar-refractivity contribution in [2.75, 3.05) is 32.8 Å². The van der Waals surface area contributed by atoms with Crippen LogP contribution >= 0.6 is 15.9 Å². The number of aromatic nitrogens is 2. The molecule has 0 bridgehead atoms. The standard InChI is InChI=1S/C22H27BrN4O4/c23-14-10-16-18(28)17(20(29)25-15-11-22(12-15)2-1-3-22)21(30)27(19(16)24-13-14)5-4-26-6-8-31-9-7-26/h10,13,15,28H,1-9,11-12H2,(H,25,29). The number of nitrogens with zero attached hydrogens (tertiary/aromatic N) is 3. The largest absolute Gasteiger partial charge is 0.506 e. The molecule has 0 atom stereocenters. The lowest BCUT2D eigenvalue weighted by Gasteiger charge is -2.54. The van der Waals surface area contributed by atoms with Crippen LogP contribution in [0.1, 0.15) is 42.5 Å². The normalized spacial score (nSPS) is 21.1. The first kappa shape index (κ1) is 20.9. The summed E-state index contributed by atoms with van der Waals surface area (Å²) in [6.45, 7) is 3.99. The number of halogens is 1. The number of fused-ring (bicyclic) bond motifs is 1. The van der Waals surface area contributed by atoms with Gasteiger partial charge >= 0.3 is 0 Å². The highest BCUT2D eigenvalue weighted by Gasteiger charge is 2.48. The molecule has 0 unspecified atom stereocenters. The number of nitrogens with one attached hydrogen (secondary N) is 1. The molecule has 3 aliphatic rings. The monoisotopic (exact) mass is 490 g/mol. The molecule has 3 fully saturated rings. The van der Waals surface area contributed by atoms with Crippen molar-refractivity contribution in [3.63, 3.8) is 0 Å². The van der Waals surface area contributed by atoms with E-state index in [9.17, 15) is 14.7 Å². The average molecular weight is 491 g/mol. The van der Waals surface area contributed by atoms with Gasteiger partial charge in [0.2, 0.25) is 0 Å². The van der Waals surface area contributed by atoms with Gasteiger partial charge in [0.1, 0.15) is 17.0 Å². The van der Waals surface area contributed by atoms with Gasteiger partial charge in [0.25, 0.3) is 11.5 Å². The second-order valence-corrected chi connectivity index (χ2v) is 10.0. The summed E-state index contributed by atoms with van der Waals surface area (Å²) < 4.78 is 7.58. The molecule has 1 spiro atoms. The number of carbonyl (C=O) groups is 1. The van der Waals surface area contributed by atoms with Gasteiger partial charge in [-0.3, -0.25) is 19.1 Å². The Kier molecular flexibility index (Phi) is 5.52. The number of hydrogen-bond acceptors (Lipinski definition) is 6. The van der Waals surface area contributed by atoms with Crippen LogP contribution in [0.4, 0.5) is 0 Å². The van der Waals surface area contributed by atoms with Crippen LogP contribution < -0.4 is 10.9 Å². The SMILES string of the molecule is O=C(NC1CC2(CCC2)C1)c1c(O)c2cc(Br)cnc2n(CCN2CCOCC2)c1=O. The Balaban J connectivity index is 1.45. The van der Waals surface area contributed by atoms with Crippen molar-refractivity contribution in [1.82, 2.24) is 19.8 Å². The van der Waals surface area contributed by atoms with E-state index in [1.165, 1.54) is 23.8 Å². The molecule has 2 N–H and O–H groups in total. The second kappa shape index (κ2) is 8.18. The van der Waals surface area contributed by atoms with Crippen LogP contribution in [0, 0.1) is 5.41 Å². The zero-order valence-electron chi connectivity index (χ0n) is 17.4. The summed E-state index contributed by atoms with van der Waals surface area (Å²) in [5.41, 5.74) is 0.107. The van der Waals surface area contributed by atoms with Gasteiger partial charge in [-0.05, 0) is 53.1 Å². The first-order valence-electron chi connectivity index (χ1n) is 11.0. The first-order valence-corrected chi connectivity index (χ1v) is 11.8. The van der Waals surface area contributed by atoms with Gasteiger partial charge in [0.15, 0.2) is 0 Å². The van der Waals surface area contributed by atoms with Crippen LogP contribution in [0.5, 0.6) is 5.75 Å². The van der Waals surface area contributed by atoms with Crippen molar-refractivity contribution in [2.24, 2.45) is 5.41 Å². The number of ether oxygens (including phenoxy) is 1. The predicted molar refractivity (Wildman–Crippen MR) is 119 cm³/mol. The number of aromatic hydroxyl groups is 1. The lowest BCUT2D eigenvalue weighted by atomic mass is 9.54. The molecule has 166 valence electrons. The summed E-state index contributed by atoms with van der Waals surface area (Å²) in [6.07, 6.45) is 7.25. The minimum atomic E-state index is -0.497. The Labute approximate surface area is 188 Å². The van der Waals surface area contributed by atoms with Crippen molar-refractivity contribution in [3.05, 3.63) is 32.7 Å². The molecule has 1 aliphatic heterocycles. The van der Waals surface area contributed by atoms with Crippen molar-refractivity contribution >= 4 is 32.9 Å². The molecule has 31 heavy (non-hydrogen) atoms. The Morgan fingerprint density at radius 3 is 2.71 bits per heavy atom. The van der Waals surface area contributed by atoms with Gasteiger partial charge in [-0.25, -0.2) is 4.98 Å². The molecule has 0 radical (unpaired) electrons. The summed E-state index contributed by atoms with van der Waals surface area (Å²) >= 11 is 3.38. The number of hydrogen-bond donors (Lipinski definition) is 2. The summed E-state index contributed by atoms with van der Waals surface area (Å²) in [6, 6.07) is 1.77. The van der Waals surface area contributed by atoms with E-state index >= 15 is 0 Å². The molecule has 2 aromatic rings. The van der Waals surface area contributed by atoms with Crippen LogP contribution in [0.15, 0.2) is 21.5 Å². The molecule has 5 rings (SSSR count). The van der Waals surface area contributed by atoms with E-state index in [1.54, 1.807) is 12.3 Å².